The summed E-state index contributed by atoms with van der Waals surface area (Å²) in [5, 5.41) is 0.703. The van der Waals surface area contributed by atoms with Gasteiger partial charge in [0.1, 0.15) is 13.7 Å². The van der Waals surface area contributed by atoms with Crippen LogP contribution in [0.25, 0.3) is 11.0 Å². The molecule has 0 amide bonds. The Kier molecular flexibility index (Phi) is 4.87. The van der Waals surface area contributed by atoms with E-state index in [0.717, 1.165) is 55.1 Å². The van der Waals surface area contributed by atoms with Crippen LogP contribution in [0.3, 0.4) is 0 Å². The fourth-order valence-electron chi connectivity index (χ4n) is 5.60. The second kappa shape index (κ2) is 7.81. The van der Waals surface area contributed by atoms with Gasteiger partial charge in [0.2, 0.25) is 5.95 Å². The molecule has 2 saturated heterocycles. The van der Waals surface area contributed by atoms with Gasteiger partial charge in [-0.25, -0.2) is 9.37 Å². The van der Waals surface area contributed by atoms with Crippen molar-refractivity contribution in [3.8, 4) is 0 Å². The summed E-state index contributed by atoms with van der Waals surface area (Å²) >= 11 is 6.14. The quantitative estimate of drug-likeness (QED) is 0.460. The van der Waals surface area contributed by atoms with E-state index in [1.807, 2.05) is 30.3 Å². The zero-order valence-electron chi connectivity index (χ0n) is 18.6. The van der Waals surface area contributed by atoms with Crippen molar-refractivity contribution in [3.05, 3.63) is 83.1 Å². The van der Waals surface area contributed by atoms with E-state index in [-0.39, 0.29) is 11.2 Å². The third kappa shape index (κ3) is 3.57. The lowest BCUT2D eigenvalue weighted by Gasteiger charge is -2.61. The Morgan fingerprint density at radius 2 is 1.73 bits per heavy atom. The zero-order valence-corrected chi connectivity index (χ0v) is 19.3. The Bertz CT molecular complexity index is 1300. The first-order chi connectivity index (χ1) is 16.0. The van der Waals surface area contributed by atoms with Crippen LogP contribution in [0.15, 0.2) is 66.7 Å². The van der Waals surface area contributed by atoms with E-state index < -0.39 is 0 Å². The molecule has 0 radical (unpaired) electrons. The number of hydrogen-bond donors (Lipinski definition) is 1. The molecule has 0 aliphatic carbocycles. The highest BCUT2D eigenvalue weighted by Crippen LogP contribution is 2.56. The topological polar surface area (TPSA) is 35.2 Å². The van der Waals surface area contributed by atoms with Crippen molar-refractivity contribution in [2.45, 2.75) is 18.9 Å². The van der Waals surface area contributed by atoms with Crippen molar-refractivity contribution < 1.29 is 4.39 Å². The number of piperidine rings is 1. The summed E-state index contributed by atoms with van der Waals surface area (Å²) in [6, 6.07) is 21.9. The van der Waals surface area contributed by atoms with Gasteiger partial charge >= 0.3 is 0 Å². The van der Waals surface area contributed by atoms with E-state index in [0.29, 0.717) is 11.1 Å². The average molecular weight is 459 g/mol. The third-order valence-corrected chi connectivity index (χ3v) is 7.65. The average Bonchev–Trinajstić information content (AvgIpc) is 3.23. The van der Waals surface area contributed by atoms with Crippen molar-refractivity contribution in [2.24, 2.45) is 5.41 Å². The van der Waals surface area contributed by atoms with E-state index >= 15 is 0 Å². The predicted molar refractivity (Wildman–Crippen MR) is 136 cm³/mol. The second-order valence-electron chi connectivity index (χ2n) is 9.49. The molecule has 2 aliphatic rings. The van der Waals surface area contributed by atoms with Gasteiger partial charge in [-0.3, -0.25) is 0 Å². The highest BCUT2D eigenvalue weighted by atomic mass is 35.5. The number of nitrogens with one attached hydrogen (secondary N) is 1. The lowest BCUT2D eigenvalue weighted by Crippen LogP contribution is -2.62. The number of benzene rings is 3. The fraction of sp³-hybridized carbons (Fsp3) is 0.269. The lowest BCUT2D eigenvalue weighted by atomic mass is 9.62. The van der Waals surface area contributed by atoms with Crippen LogP contribution in [0.5, 0.6) is 0 Å². The van der Waals surface area contributed by atoms with Crippen molar-refractivity contribution in [2.75, 3.05) is 29.4 Å². The van der Waals surface area contributed by atoms with Crippen LogP contribution in [0.1, 0.15) is 24.4 Å². The summed E-state index contributed by atoms with van der Waals surface area (Å²) in [5.41, 5.74) is 5.81. The van der Waals surface area contributed by atoms with Crippen LogP contribution >= 0.6 is 11.6 Å². The Morgan fingerprint density at radius 1 is 1.00 bits per heavy atom. The number of H-pyrrole nitrogens is 1. The fourth-order valence-corrected chi connectivity index (χ4v) is 5.77. The maximum absolute atomic E-state index is 13.5. The molecule has 1 atom stereocenters. The van der Waals surface area contributed by atoms with Gasteiger partial charge < -0.3 is 14.8 Å². The molecule has 1 unspecified atom stereocenters. The minimum atomic E-state index is -0.193. The van der Waals surface area contributed by atoms with E-state index in [1.54, 1.807) is 12.1 Å². The van der Waals surface area contributed by atoms with Crippen molar-refractivity contribution in [1.29, 1.82) is 0 Å². The molecule has 33 heavy (non-hydrogen) atoms. The Labute approximate surface area is 198 Å². The van der Waals surface area contributed by atoms with Crippen molar-refractivity contribution in [3.63, 3.8) is 0 Å². The number of aromatic amines is 1. The van der Waals surface area contributed by atoms with Crippen LogP contribution in [-0.2, 0) is 0 Å². The zero-order chi connectivity index (χ0) is 22.6. The number of anilines is 2. The first-order valence-corrected chi connectivity index (χ1v) is 11.9. The largest absolute Gasteiger partial charge is 0.363 e. The summed E-state index contributed by atoms with van der Waals surface area (Å²) in [6.07, 6.45) is 2.17. The van der Waals surface area contributed by atoms with E-state index in [1.165, 1.54) is 11.0 Å². The van der Waals surface area contributed by atoms with Gasteiger partial charge in [0.05, 0.1) is 17.1 Å². The Hall–Kier alpha value is -2.99. The molecular formula is C26H25BClFN4. The molecule has 3 aromatic carbocycles. The highest BCUT2D eigenvalue weighted by molar-refractivity contribution is 6.32. The van der Waals surface area contributed by atoms with Gasteiger partial charge in [-0.2, -0.15) is 0 Å². The molecule has 0 saturated carbocycles. The molecule has 7 heteroatoms. The molecule has 1 N–H and O–H groups in total. The number of imidazole rings is 1. The number of aromatic nitrogens is 2. The molecule has 6 rings (SSSR count). The first kappa shape index (κ1) is 20.6. The van der Waals surface area contributed by atoms with E-state index in [9.17, 15) is 4.39 Å². The number of rotatable bonds is 3. The molecule has 4 aromatic rings. The van der Waals surface area contributed by atoms with Gasteiger partial charge in [0.25, 0.3) is 0 Å². The monoisotopic (exact) mass is 458 g/mol. The molecule has 2 fully saturated rings. The Balaban J connectivity index is 1.26. The maximum Gasteiger partial charge on any atom is 0.203 e. The van der Waals surface area contributed by atoms with Gasteiger partial charge in [-0.1, -0.05) is 41.3 Å². The smallest absolute Gasteiger partial charge is 0.203 e. The van der Waals surface area contributed by atoms with Crippen molar-refractivity contribution >= 4 is 47.6 Å². The minimum Gasteiger partial charge on any atom is -0.363 e. The summed E-state index contributed by atoms with van der Waals surface area (Å²) in [4.78, 5) is 13.0. The van der Waals surface area contributed by atoms with Crippen LogP contribution in [-0.4, -0.2) is 37.4 Å². The standard InChI is InChI=1S/C26H25BClFN4/c27-18-3-1-17(2-4-18)24-26(16-33(24)21-8-6-20(29)7-9-21)11-13-32(14-12-26)25-30-22-10-5-19(28)15-23(22)31-25/h1-10,15,24H,11-14,16,27H2,(H,30,31). The maximum atomic E-state index is 13.5. The molecule has 0 bridgehead atoms. The molecule has 4 nitrogen and oxygen atoms in total. The van der Waals surface area contributed by atoms with E-state index in [2.05, 4.69) is 46.9 Å². The molecule has 166 valence electrons. The van der Waals surface area contributed by atoms with Crippen LogP contribution < -0.4 is 15.3 Å². The lowest BCUT2D eigenvalue weighted by molar-refractivity contribution is 0.0900. The first-order valence-electron chi connectivity index (χ1n) is 11.5. The second-order valence-corrected chi connectivity index (χ2v) is 9.93. The minimum absolute atomic E-state index is 0.193. The van der Waals surface area contributed by atoms with Crippen LogP contribution in [0.2, 0.25) is 5.02 Å². The Morgan fingerprint density at radius 3 is 2.45 bits per heavy atom. The van der Waals surface area contributed by atoms with Gasteiger partial charge in [-0.15, -0.1) is 0 Å². The third-order valence-electron chi connectivity index (χ3n) is 7.42. The summed E-state index contributed by atoms with van der Waals surface area (Å²) < 4.78 is 13.5. The van der Waals surface area contributed by atoms with Crippen LogP contribution in [0, 0.1) is 11.2 Å². The molecule has 1 spiro atoms. The van der Waals surface area contributed by atoms with Gasteiger partial charge in [-0.05, 0) is 60.9 Å². The molecular weight excluding hydrogens is 434 g/mol. The molecule has 2 aliphatic heterocycles. The summed E-state index contributed by atoms with van der Waals surface area (Å²) in [7, 11) is 2.12. The van der Waals surface area contributed by atoms with E-state index in [4.69, 9.17) is 16.6 Å². The summed E-state index contributed by atoms with van der Waals surface area (Å²) in [6.45, 7) is 2.89. The normalized spacial score (nSPS) is 19.8. The number of fused-ring (bicyclic) bond motifs is 1. The SMILES string of the molecule is Bc1ccc(C2N(c3ccc(F)cc3)CC23CCN(c2nc4cc(Cl)ccc4[nH]2)CC3)cc1. The molecule has 1 aromatic heterocycles. The van der Waals surface area contributed by atoms with Crippen LogP contribution in [0.4, 0.5) is 16.0 Å². The van der Waals surface area contributed by atoms with Gasteiger partial charge in [0, 0.05) is 35.8 Å². The number of halogens is 2. The highest BCUT2D eigenvalue weighted by Gasteiger charge is 2.54. The number of hydrogen-bond acceptors (Lipinski definition) is 3. The predicted octanol–water partition coefficient (Wildman–Crippen LogP) is 4.46. The summed E-state index contributed by atoms with van der Waals surface area (Å²) in [5.74, 6) is 0.727. The van der Waals surface area contributed by atoms with Gasteiger partial charge in [0.15, 0.2) is 0 Å². The number of nitrogens with zero attached hydrogens (tertiary/aromatic N) is 3. The van der Waals surface area contributed by atoms with Crippen molar-refractivity contribution in [1.82, 2.24) is 9.97 Å². The molecule has 3 heterocycles.